The number of nitrogens with zero attached hydrogens (tertiary/aromatic N) is 2. The van der Waals surface area contributed by atoms with Crippen molar-refractivity contribution in [2.24, 2.45) is 0 Å². The summed E-state index contributed by atoms with van der Waals surface area (Å²) in [6.45, 7) is 9.33. The summed E-state index contributed by atoms with van der Waals surface area (Å²) in [5.74, 6) is -0.267. The first kappa shape index (κ1) is 22.2. The van der Waals surface area contributed by atoms with Gasteiger partial charge in [0.15, 0.2) is 5.03 Å². The Morgan fingerprint density at radius 2 is 1.61 bits per heavy atom. The molecule has 0 atom stereocenters. The van der Waals surface area contributed by atoms with E-state index < -0.39 is 15.9 Å². The molecule has 0 aliphatic carbocycles. The van der Waals surface area contributed by atoms with E-state index in [0.29, 0.717) is 17.0 Å². The molecular formula is C22H24N4O4S. The largest absolute Gasteiger partial charge is 0.438 e. The fourth-order valence-corrected chi connectivity index (χ4v) is 4.10. The molecule has 3 aromatic rings. The van der Waals surface area contributed by atoms with Gasteiger partial charge in [-0.3, -0.25) is 4.79 Å². The Kier molecular flexibility index (Phi) is 5.99. The number of aryl methyl sites for hydroxylation is 5. The van der Waals surface area contributed by atoms with Gasteiger partial charge in [-0.05, 0) is 69.5 Å². The van der Waals surface area contributed by atoms with Gasteiger partial charge in [0.1, 0.15) is 17.1 Å². The van der Waals surface area contributed by atoms with Crippen molar-refractivity contribution in [2.75, 3.05) is 5.73 Å². The van der Waals surface area contributed by atoms with Crippen LogP contribution in [0.15, 0.2) is 41.4 Å². The van der Waals surface area contributed by atoms with Crippen molar-refractivity contribution in [3.8, 4) is 11.6 Å². The van der Waals surface area contributed by atoms with Crippen LogP contribution < -0.4 is 15.2 Å². The molecule has 8 nitrogen and oxygen atoms in total. The maximum atomic E-state index is 12.9. The lowest BCUT2D eigenvalue weighted by atomic mass is 10.1. The van der Waals surface area contributed by atoms with E-state index in [1.54, 1.807) is 19.9 Å². The summed E-state index contributed by atoms with van der Waals surface area (Å²) >= 11 is 0. The van der Waals surface area contributed by atoms with Crippen LogP contribution in [0.1, 0.15) is 38.3 Å². The molecule has 0 unspecified atom stereocenters. The van der Waals surface area contributed by atoms with Crippen molar-refractivity contribution in [3.63, 3.8) is 0 Å². The number of nitrogens with two attached hydrogens (primary N) is 1. The fraction of sp³-hybridized carbons (Fsp3) is 0.227. The van der Waals surface area contributed by atoms with Crippen LogP contribution in [0.3, 0.4) is 0 Å². The number of carbonyl (C=O) groups excluding carboxylic acids is 1. The number of nitrogens with one attached hydrogen (secondary N) is 1. The smallest absolute Gasteiger partial charge is 0.281 e. The molecule has 3 N–H and O–H groups in total. The fourth-order valence-electron chi connectivity index (χ4n) is 3.16. The molecular weight excluding hydrogens is 416 g/mol. The van der Waals surface area contributed by atoms with Gasteiger partial charge in [-0.1, -0.05) is 23.8 Å². The van der Waals surface area contributed by atoms with Gasteiger partial charge in [0.25, 0.3) is 15.9 Å². The zero-order chi connectivity index (χ0) is 22.9. The third kappa shape index (κ3) is 4.83. The molecule has 0 aliphatic heterocycles. The second-order valence-electron chi connectivity index (χ2n) is 7.41. The zero-order valence-corrected chi connectivity index (χ0v) is 18.8. The minimum absolute atomic E-state index is 0.00467. The van der Waals surface area contributed by atoms with Crippen molar-refractivity contribution in [1.82, 2.24) is 14.7 Å². The normalized spacial score (nSPS) is 11.3. The minimum atomic E-state index is -4.24. The van der Waals surface area contributed by atoms with E-state index in [-0.39, 0.29) is 22.3 Å². The van der Waals surface area contributed by atoms with Crippen molar-refractivity contribution < 1.29 is 17.9 Å². The predicted molar refractivity (Wildman–Crippen MR) is 118 cm³/mol. The first-order chi connectivity index (χ1) is 14.5. The number of aromatic nitrogens is 2. The molecule has 2 heterocycles. The van der Waals surface area contributed by atoms with Crippen LogP contribution in [0.2, 0.25) is 0 Å². The van der Waals surface area contributed by atoms with Crippen LogP contribution in [0.4, 0.5) is 5.82 Å². The maximum absolute atomic E-state index is 12.9. The van der Waals surface area contributed by atoms with Crippen molar-refractivity contribution in [2.45, 2.75) is 39.6 Å². The highest BCUT2D eigenvalue weighted by molar-refractivity contribution is 7.90. The van der Waals surface area contributed by atoms with Crippen LogP contribution in [0, 0.1) is 34.6 Å². The highest BCUT2D eigenvalue weighted by Crippen LogP contribution is 2.31. The SMILES string of the molecule is Cc1cc(C)c(Oc2nc(C)c(C)cc2C(=O)NS(=O)(=O)c2cccc(N)n2)c(C)c1. The van der Waals surface area contributed by atoms with E-state index in [1.807, 2.05) is 37.6 Å². The lowest BCUT2D eigenvalue weighted by Crippen LogP contribution is -2.31. The topological polar surface area (TPSA) is 124 Å². The summed E-state index contributed by atoms with van der Waals surface area (Å²) in [5, 5.41) is -0.356. The predicted octanol–water partition coefficient (Wildman–Crippen LogP) is 3.51. The number of amides is 1. The summed E-state index contributed by atoms with van der Waals surface area (Å²) in [6, 6.07) is 9.61. The van der Waals surface area contributed by atoms with Crippen molar-refractivity contribution >= 4 is 21.7 Å². The summed E-state index contributed by atoms with van der Waals surface area (Å²) in [7, 11) is -4.24. The van der Waals surface area contributed by atoms with E-state index >= 15 is 0 Å². The number of anilines is 1. The van der Waals surface area contributed by atoms with Crippen LogP contribution >= 0.6 is 0 Å². The van der Waals surface area contributed by atoms with Gasteiger partial charge in [0.2, 0.25) is 5.88 Å². The minimum Gasteiger partial charge on any atom is -0.438 e. The van der Waals surface area contributed by atoms with E-state index in [9.17, 15) is 13.2 Å². The Morgan fingerprint density at radius 1 is 0.968 bits per heavy atom. The lowest BCUT2D eigenvalue weighted by Gasteiger charge is -2.16. The van der Waals surface area contributed by atoms with Crippen LogP contribution in [-0.2, 0) is 10.0 Å². The molecule has 0 spiro atoms. The second kappa shape index (κ2) is 8.35. The molecule has 31 heavy (non-hydrogen) atoms. The summed E-state index contributed by atoms with van der Waals surface area (Å²) in [5.41, 5.74) is 9.77. The first-order valence-electron chi connectivity index (χ1n) is 9.51. The number of hydrogen-bond donors (Lipinski definition) is 2. The van der Waals surface area contributed by atoms with E-state index in [1.165, 1.54) is 18.2 Å². The Morgan fingerprint density at radius 3 is 2.23 bits per heavy atom. The van der Waals surface area contributed by atoms with E-state index in [0.717, 1.165) is 16.7 Å². The summed E-state index contributed by atoms with van der Waals surface area (Å²) in [6.07, 6.45) is 0. The molecule has 0 radical (unpaired) electrons. The standard InChI is InChI=1S/C22H24N4O4S/c1-12-9-14(3)20(15(4)10-12)30-22-17(11-13(2)16(5)24-22)21(27)26-31(28,29)19-8-6-7-18(23)25-19/h6-11H,1-5H3,(H2,23,25)(H,26,27). The third-order valence-electron chi connectivity index (χ3n) is 4.73. The maximum Gasteiger partial charge on any atom is 0.281 e. The number of benzene rings is 1. The number of nitrogen functional groups attached to an aromatic ring is 1. The molecule has 1 aromatic carbocycles. The van der Waals surface area contributed by atoms with Gasteiger partial charge in [0, 0.05) is 5.69 Å². The molecule has 162 valence electrons. The van der Waals surface area contributed by atoms with Crippen LogP contribution in [0.5, 0.6) is 11.6 Å². The van der Waals surface area contributed by atoms with Gasteiger partial charge in [-0.15, -0.1) is 0 Å². The van der Waals surface area contributed by atoms with Gasteiger partial charge in [-0.2, -0.15) is 8.42 Å². The quantitative estimate of drug-likeness (QED) is 0.622. The highest BCUT2D eigenvalue weighted by Gasteiger charge is 2.25. The summed E-state index contributed by atoms with van der Waals surface area (Å²) < 4.78 is 33.3. The molecule has 0 saturated heterocycles. The molecule has 1 amide bonds. The Balaban J connectivity index is 2.01. The third-order valence-corrected chi connectivity index (χ3v) is 5.96. The van der Waals surface area contributed by atoms with Gasteiger partial charge in [-0.25, -0.2) is 14.7 Å². The Hall–Kier alpha value is -3.46. The Labute approximate surface area is 181 Å². The van der Waals surface area contributed by atoms with Crippen molar-refractivity contribution in [3.05, 3.63) is 69.9 Å². The molecule has 9 heteroatoms. The number of carbonyl (C=O) groups is 1. The number of hydrogen-bond acceptors (Lipinski definition) is 7. The molecule has 0 saturated carbocycles. The highest BCUT2D eigenvalue weighted by atomic mass is 32.2. The number of rotatable bonds is 5. The molecule has 0 aliphatic rings. The average Bonchev–Trinajstić information content (AvgIpc) is 2.66. The second-order valence-corrected chi connectivity index (χ2v) is 9.04. The molecule has 2 aromatic heterocycles. The zero-order valence-electron chi connectivity index (χ0n) is 18.0. The number of sulfonamides is 1. The van der Waals surface area contributed by atoms with Crippen molar-refractivity contribution in [1.29, 1.82) is 0 Å². The first-order valence-corrected chi connectivity index (χ1v) is 11.0. The van der Waals surface area contributed by atoms with E-state index in [4.69, 9.17) is 10.5 Å². The number of pyridine rings is 2. The monoisotopic (exact) mass is 440 g/mol. The van der Waals surface area contributed by atoms with E-state index in [2.05, 4.69) is 9.97 Å². The number of ether oxygens (including phenoxy) is 1. The van der Waals surface area contributed by atoms with Gasteiger partial charge < -0.3 is 10.5 Å². The Bertz CT molecular complexity index is 1260. The van der Waals surface area contributed by atoms with Gasteiger partial charge >= 0.3 is 0 Å². The molecule has 3 rings (SSSR count). The van der Waals surface area contributed by atoms with Crippen LogP contribution in [-0.4, -0.2) is 24.3 Å². The van der Waals surface area contributed by atoms with Gasteiger partial charge in [0.05, 0.1) is 0 Å². The molecule has 0 bridgehead atoms. The van der Waals surface area contributed by atoms with Crippen LogP contribution in [0.25, 0.3) is 0 Å². The molecule has 0 fully saturated rings. The summed E-state index contributed by atoms with van der Waals surface area (Å²) in [4.78, 5) is 21.1. The average molecular weight is 441 g/mol. The lowest BCUT2D eigenvalue weighted by molar-refractivity contribution is 0.0978.